The number of aliphatic hydroxyl groups is 1. The van der Waals surface area contributed by atoms with E-state index in [2.05, 4.69) is 46.2 Å². The van der Waals surface area contributed by atoms with E-state index in [1.165, 1.54) is 30.6 Å². The summed E-state index contributed by atoms with van der Waals surface area (Å²) in [5.41, 5.74) is 7.58. The fourth-order valence-corrected chi connectivity index (χ4v) is 7.73. The first-order valence-corrected chi connectivity index (χ1v) is 23.3. The maximum Gasteiger partial charge on any atom is 0.469 e. The van der Waals surface area contributed by atoms with Crippen molar-refractivity contribution in [3.05, 3.63) is 72.1 Å². The lowest BCUT2D eigenvalue weighted by molar-refractivity contribution is -0.139. The number of phosphoric ester groups is 1. The van der Waals surface area contributed by atoms with Crippen LogP contribution in [-0.2, 0) is 62.2 Å². The molecule has 0 bridgehead atoms. The Bertz CT molecular complexity index is 2230. The number of oxime groups is 1. The molecule has 0 spiro atoms. The SMILES string of the molecule is CC(=O)N1CCC[C@H]1C(=O)N[C@@H](CC(C)C)C(=O)N[C@@H](Cc1cncn1CCCCO/N=C/C=C/c1cn(Cc2ccccc2)nn1)C(=O)N[C@@H](CO)C(=O)N[C@H](C(N)=O)[C@@H](C)OP(=O)(O)O. The number of hydrogen-bond acceptors (Lipinski definition) is 14. The fourth-order valence-electron chi connectivity index (χ4n) is 7.17. The summed E-state index contributed by atoms with van der Waals surface area (Å²) < 4.78 is 19.4. The number of aromatic nitrogens is 5. The van der Waals surface area contributed by atoms with Gasteiger partial charge in [0.15, 0.2) is 0 Å². The standard InChI is InChI=1S/C42H61N12O12P/c1-27(2)20-33(47-42(61)36-15-11-18-54(36)29(4)56)39(58)46-34(40(59)48-35(25-55)41(60)49-37(38(43)57)28(3)66-67(62,63)64)21-32-22-44-26-52(32)17-8-9-19-65-45-16-10-14-31-24-53(51-50-31)23-30-12-6-5-7-13-30/h5-7,10,12-14,16,22,24,26-28,33-37,55H,8-9,11,15,17-21,23,25H2,1-4H3,(H2,43,57)(H,46,58)(H,47,61)(H,48,59)(H,49,60)(H2,62,63,64)/b14-10+,45-16+/t28-,33+,34+,35+,36+,37+/m1/s1. The number of carbonyl (C=O) groups excluding carboxylic acids is 6. The third-order valence-corrected chi connectivity index (χ3v) is 11.1. The first-order valence-electron chi connectivity index (χ1n) is 21.7. The predicted molar refractivity (Wildman–Crippen MR) is 241 cm³/mol. The Morgan fingerprint density at radius 2 is 1.69 bits per heavy atom. The zero-order valence-electron chi connectivity index (χ0n) is 37.8. The normalized spacial score (nSPS) is 16.4. The van der Waals surface area contributed by atoms with E-state index in [-0.39, 0.29) is 31.3 Å². The molecule has 24 nitrogen and oxygen atoms in total. The average molecular weight is 957 g/mol. The minimum atomic E-state index is -5.13. The summed E-state index contributed by atoms with van der Waals surface area (Å²) in [7, 11) is -5.13. The van der Waals surface area contributed by atoms with E-state index in [4.69, 9.17) is 10.6 Å². The average Bonchev–Trinajstić information content (AvgIpc) is 4.05. The molecule has 1 aliphatic heterocycles. The highest BCUT2D eigenvalue weighted by Crippen LogP contribution is 2.38. The fraction of sp³-hybridized carbons (Fsp3) is 0.524. The zero-order valence-corrected chi connectivity index (χ0v) is 38.7. The van der Waals surface area contributed by atoms with E-state index in [0.29, 0.717) is 56.7 Å². The number of allylic oxidation sites excluding steroid dienone is 1. The van der Waals surface area contributed by atoms with Crippen LogP contribution in [0, 0.1) is 5.92 Å². The van der Waals surface area contributed by atoms with Gasteiger partial charge in [-0.3, -0.25) is 33.3 Å². The molecule has 0 unspecified atom stereocenters. The smallest absolute Gasteiger partial charge is 0.396 e. The molecule has 1 aliphatic rings. The van der Waals surface area contributed by atoms with Crippen molar-refractivity contribution in [3.8, 4) is 0 Å². The Morgan fingerprint density at radius 3 is 2.36 bits per heavy atom. The number of aliphatic hydroxyl groups excluding tert-OH is 1. The Labute approximate surface area is 387 Å². The molecule has 0 saturated carbocycles. The molecule has 3 heterocycles. The summed E-state index contributed by atoms with van der Waals surface area (Å²) in [6.07, 6.45) is 10.2. The van der Waals surface area contributed by atoms with E-state index in [1.807, 2.05) is 50.4 Å². The van der Waals surface area contributed by atoms with Gasteiger partial charge in [0.25, 0.3) is 0 Å². The lowest BCUT2D eigenvalue weighted by Crippen LogP contribution is -2.61. The van der Waals surface area contributed by atoms with Gasteiger partial charge in [0.05, 0.1) is 38.0 Å². The van der Waals surface area contributed by atoms with Crippen LogP contribution in [0.1, 0.15) is 76.8 Å². The number of nitrogens with one attached hydrogen (secondary N) is 4. The van der Waals surface area contributed by atoms with Crippen LogP contribution in [0.15, 0.2) is 60.3 Å². The van der Waals surface area contributed by atoms with Gasteiger partial charge in [-0.25, -0.2) is 14.2 Å². The third-order valence-electron chi connectivity index (χ3n) is 10.5. The van der Waals surface area contributed by atoms with Crippen LogP contribution in [0.2, 0.25) is 0 Å². The van der Waals surface area contributed by atoms with Gasteiger partial charge in [0.1, 0.15) is 42.5 Å². The first kappa shape index (κ1) is 53.3. The summed E-state index contributed by atoms with van der Waals surface area (Å²) in [5, 5.41) is 32.3. The molecule has 0 radical (unpaired) electrons. The molecule has 1 aromatic carbocycles. The maximum absolute atomic E-state index is 14.0. The van der Waals surface area contributed by atoms with Gasteiger partial charge < -0.3 is 56.2 Å². The van der Waals surface area contributed by atoms with Crippen LogP contribution >= 0.6 is 7.82 Å². The Morgan fingerprint density at radius 1 is 0.985 bits per heavy atom. The molecule has 1 saturated heterocycles. The van der Waals surface area contributed by atoms with E-state index < -0.39 is 80.3 Å². The van der Waals surface area contributed by atoms with Gasteiger partial charge >= 0.3 is 7.82 Å². The van der Waals surface area contributed by atoms with Gasteiger partial charge in [-0.15, -0.1) is 5.10 Å². The second-order valence-corrected chi connectivity index (χ2v) is 17.5. The van der Waals surface area contributed by atoms with Gasteiger partial charge in [0, 0.05) is 38.3 Å². The molecule has 6 atom stereocenters. The molecule has 4 rings (SSSR count). The van der Waals surface area contributed by atoms with Crippen LogP contribution in [0.5, 0.6) is 0 Å². The summed E-state index contributed by atoms with van der Waals surface area (Å²) in [6.45, 7) is 6.74. The number of hydrogen-bond donors (Lipinski definition) is 8. The van der Waals surface area contributed by atoms with Crippen LogP contribution in [0.3, 0.4) is 0 Å². The summed E-state index contributed by atoms with van der Waals surface area (Å²) in [5.74, 6) is -5.04. The molecule has 9 N–H and O–H groups in total. The van der Waals surface area contributed by atoms with E-state index in [0.717, 1.165) is 12.5 Å². The van der Waals surface area contributed by atoms with Gasteiger partial charge in [-0.1, -0.05) is 54.5 Å². The zero-order chi connectivity index (χ0) is 49.1. The quantitative estimate of drug-likeness (QED) is 0.0207. The second-order valence-electron chi connectivity index (χ2n) is 16.3. The number of rotatable bonds is 27. The number of nitrogens with zero attached hydrogens (tertiary/aromatic N) is 7. The number of unbranched alkanes of at least 4 members (excludes halogenated alkanes) is 1. The maximum atomic E-state index is 14.0. The summed E-state index contributed by atoms with van der Waals surface area (Å²) in [4.78, 5) is 109. The predicted octanol–water partition coefficient (Wildman–Crippen LogP) is -0.467. The third kappa shape index (κ3) is 17.8. The molecular formula is C42H61N12O12P. The van der Waals surface area contributed by atoms with Crippen molar-refractivity contribution in [3.63, 3.8) is 0 Å². The minimum Gasteiger partial charge on any atom is -0.396 e. The number of imidazole rings is 1. The number of amides is 6. The first-order chi connectivity index (χ1) is 31.8. The highest BCUT2D eigenvalue weighted by molar-refractivity contribution is 7.46. The van der Waals surface area contributed by atoms with Crippen molar-refractivity contribution in [2.75, 3.05) is 19.8 Å². The molecular weight excluding hydrogens is 896 g/mol. The largest absolute Gasteiger partial charge is 0.469 e. The monoisotopic (exact) mass is 956 g/mol. The molecule has 2 aromatic heterocycles. The van der Waals surface area contributed by atoms with Crippen molar-refractivity contribution < 1.29 is 57.6 Å². The van der Waals surface area contributed by atoms with Crippen LogP contribution in [0.4, 0.5) is 0 Å². The number of aryl methyl sites for hydroxylation is 1. The highest BCUT2D eigenvalue weighted by atomic mass is 31.2. The van der Waals surface area contributed by atoms with Crippen molar-refractivity contribution in [2.24, 2.45) is 16.8 Å². The number of primary amides is 1. The lowest BCUT2D eigenvalue weighted by Gasteiger charge is -2.28. The van der Waals surface area contributed by atoms with Crippen molar-refractivity contribution >= 4 is 55.6 Å². The van der Waals surface area contributed by atoms with Crippen LogP contribution < -0.4 is 27.0 Å². The van der Waals surface area contributed by atoms with Crippen molar-refractivity contribution in [1.29, 1.82) is 0 Å². The van der Waals surface area contributed by atoms with Gasteiger partial charge in [-0.2, -0.15) is 0 Å². The van der Waals surface area contributed by atoms with Gasteiger partial charge in [0.2, 0.25) is 35.4 Å². The second kappa shape index (κ2) is 26.1. The Hall–Kier alpha value is -6.33. The van der Waals surface area contributed by atoms with Gasteiger partial charge in [-0.05, 0) is 62.7 Å². The summed E-state index contributed by atoms with van der Waals surface area (Å²) in [6, 6.07) is 2.94. The molecule has 1 fully saturated rings. The number of carbonyl (C=O) groups is 6. The molecule has 3 aromatic rings. The molecule has 67 heavy (non-hydrogen) atoms. The lowest BCUT2D eigenvalue weighted by atomic mass is 10.0. The number of nitrogens with two attached hydrogens (primary N) is 1. The Balaban J connectivity index is 1.42. The molecule has 366 valence electrons. The Kier molecular flexibility index (Phi) is 20.8. The number of benzene rings is 1. The topological polar surface area (TPSA) is 337 Å². The number of phosphoric acid groups is 1. The van der Waals surface area contributed by atoms with Crippen LogP contribution in [-0.4, -0.2) is 142 Å². The van der Waals surface area contributed by atoms with E-state index >= 15 is 0 Å². The minimum absolute atomic E-state index is 0.111. The van der Waals surface area contributed by atoms with E-state index in [1.54, 1.807) is 21.4 Å². The number of likely N-dealkylation sites (tertiary alicyclic amines) is 1. The molecule has 0 aliphatic carbocycles. The molecule has 25 heteroatoms. The summed E-state index contributed by atoms with van der Waals surface area (Å²) >= 11 is 0. The van der Waals surface area contributed by atoms with Crippen molar-refractivity contribution in [2.45, 2.75) is 116 Å². The van der Waals surface area contributed by atoms with Crippen molar-refractivity contribution in [1.82, 2.24) is 50.7 Å². The molecule has 6 amide bonds. The van der Waals surface area contributed by atoms with Crippen LogP contribution in [0.25, 0.3) is 6.08 Å². The van der Waals surface area contributed by atoms with E-state index in [9.17, 15) is 48.2 Å². The highest BCUT2D eigenvalue weighted by Gasteiger charge is 2.37.